The van der Waals surface area contributed by atoms with Crippen molar-refractivity contribution in [2.45, 2.75) is 44.6 Å². The third-order valence-corrected chi connectivity index (χ3v) is 5.79. The third-order valence-electron chi connectivity index (χ3n) is 5.10. The molecule has 1 saturated heterocycles. The molecule has 0 spiro atoms. The summed E-state index contributed by atoms with van der Waals surface area (Å²) in [7, 11) is 1.68. The van der Waals surface area contributed by atoms with E-state index in [2.05, 4.69) is 30.2 Å². The Kier molecular flexibility index (Phi) is 5.94. The molecule has 1 aliphatic rings. The number of thiazole rings is 1. The molecule has 2 aromatic rings. The predicted octanol–water partition coefficient (Wildman–Crippen LogP) is 4.25. The second-order valence-corrected chi connectivity index (χ2v) is 8.04. The molecule has 3 rings (SSSR count). The lowest BCUT2D eigenvalue weighted by molar-refractivity contribution is -0.119. The zero-order valence-electron chi connectivity index (χ0n) is 15.5. The van der Waals surface area contributed by atoms with Gasteiger partial charge in [-0.2, -0.15) is 0 Å². The van der Waals surface area contributed by atoms with Gasteiger partial charge in [0.2, 0.25) is 5.91 Å². The summed E-state index contributed by atoms with van der Waals surface area (Å²) in [5, 5.41) is 5.42. The van der Waals surface area contributed by atoms with Gasteiger partial charge in [-0.25, -0.2) is 4.98 Å². The van der Waals surface area contributed by atoms with Crippen LogP contribution in [0.1, 0.15) is 38.7 Å². The highest BCUT2D eigenvalue weighted by molar-refractivity contribution is 7.13. The van der Waals surface area contributed by atoms with E-state index in [1.54, 1.807) is 13.3 Å². The Balaban J connectivity index is 1.92. The Bertz CT molecular complexity index is 732. The largest absolute Gasteiger partial charge is 0.496 e. The Labute approximate surface area is 158 Å². The van der Waals surface area contributed by atoms with E-state index in [0.717, 1.165) is 24.2 Å². The summed E-state index contributed by atoms with van der Waals surface area (Å²) in [4.78, 5) is 17.0. The number of rotatable bonds is 6. The first kappa shape index (κ1) is 18.9. The summed E-state index contributed by atoms with van der Waals surface area (Å²) in [5.41, 5.74) is 0.784. The number of para-hydroxylation sites is 1. The minimum absolute atomic E-state index is 0.0183. The number of carbonyl (C=O) groups is 1. The Morgan fingerprint density at radius 3 is 2.96 bits per heavy atom. The summed E-state index contributed by atoms with van der Waals surface area (Å²) in [6.45, 7) is 4.97. The molecule has 1 N–H and O–H groups in total. The molecule has 0 unspecified atom stereocenters. The van der Waals surface area contributed by atoms with Crippen LogP contribution in [0.4, 0.5) is 5.13 Å². The molecule has 1 aromatic carbocycles. The Morgan fingerprint density at radius 2 is 2.27 bits per heavy atom. The van der Waals surface area contributed by atoms with E-state index < -0.39 is 0 Å². The highest BCUT2D eigenvalue weighted by atomic mass is 32.1. The topological polar surface area (TPSA) is 60.5 Å². The van der Waals surface area contributed by atoms with Crippen LogP contribution in [0.3, 0.4) is 0 Å². The number of ether oxygens (including phenoxy) is 2. The average Bonchev–Trinajstić information content (AvgIpc) is 3.14. The standard InChI is InChI=1S/C20H26N2O3S/c1-14(2)17-12-20(8-10-25-17,15-6-4-5-7-16(15)24-3)13-18(23)22-19-21-9-11-26-19/h4-7,9,11,14,17H,8,10,12-13H2,1-3H3,(H,21,22,23)/t17-,20-/m0/s1. The number of carbonyl (C=O) groups excluding carboxylic acids is 1. The molecule has 2 heterocycles. The maximum absolute atomic E-state index is 12.8. The third kappa shape index (κ3) is 4.07. The first-order valence-electron chi connectivity index (χ1n) is 8.98. The smallest absolute Gasteiger partial charge is 0.227 e. The molecule has 26 heavy (non-hydrogen) atoms. The van der Waals surface area contributed by atoms with Crippen LogP contribution in [0.5, 0.6) is 5.75 Å². The van der Waals surface area contributed by atoms with Gasteiger partial charge < -0.3 is 14.8 Å². The number of amides is 1. The predicted molar refractivity (Wildman–Crippen MR) is 104 cm³/mol. The first-order chi connectivity index (χ1) is 12.5. The summed E-state index contributed by atoms with van der Waals surface area (Å²) < 4.78 is 11.6. The van der Waals surface area contributed by atoms with Gasteiger partial charge in [-0.05, 0) is 24.8 Å². The van der Waals surface area contributed by atoms with Crippen molar-refractivity contribution in [3.05, 3.63) is 41.4 Å². The lowest BCUT2D eigenvalue weighted by Gasteiger charge is -2.43. The van der Waals surface area contributed by atoms with Crippen LogP contribution in [0.15, 0.2) is 35.8 Å². The number of anilines is 1. The van der Waals surface area contributed by atoms with Gasteiger partial charge in [-0.15, -0.1) is 11.3 Å². The van der Waals surface area contributed by atoms with E-state index in [-0.39, 0.29) is 17.4 Å². The highest BCUT2D eigenvalue weighted by Gasteiger charge is 2.42. The van der Waals surface area contributed by atoms with Crippen molar-refractivity contribution in [3.8, 4) is 5.75 Å². The monoisotopic (exact) mass is 374 g/mol. The molecule has 1 amide bonds. The first-order valence-corrected chi connectivity index (χ1v) is 9.86. The van der Waals surface area contributed by atoms with E-state index >= 15 is 0 Å². The summed E-state index contributed by atoms with van der Waals surface area (Å²) in [6, 6.07) is 8.02. The number of hydrogen-bond donors (Lipinski definition) is 1. The van der Waals surface area contributed by atoms with Crippen molar-refractivity contribution in [2.24, 2.45) is 5.92 Å². The summed E-state index contributed by atoms with van der Waals surface area (Å²) in [5.74, 6) is 1.21. The van der Waals surface area contributed by atoms with E-state index in [1.165, 1.54) is 11.3 Å². The zero-order chi connectivity index (χ0) is 18.6. The molecular formula is C20H26N2O3S. The number of benzene rings is 1. The molecule has 1 fully saturated rings. The Hall–Kier alpha value is -1.92. The van der Waals surface area contributed by atoms with E-state index in [0.29, 0.717) is 24.1 Å². The maximum atomic E-state index is 12.8. The Morgan fingerprint density at radius 1 is 1.46 bits per heavy atom. The molecule has 0 aliphatic carbocycles. The fourth-order valence-electron chi connectivity index (χ4n) is 3.72. The number of hydrogen-bond acceptors (Lipinski definition) is 5. The molecule has 0 saturated carbocycles. The molecule has 0 bridgehead atoms. The van der Waals surface area contributed by atoms with Crippen molar-refractivity contribution >= 4 is 22.4 Å². The summed E-state index contributed by atoms with van der Waals surface area (Å²) in [6.07, 6.45) is 3.80. The quantitative estimate of drug-likeness (QED) is 0.821. The number of aromatic nitrogens is 1. The van der Waals surface area contributed by atoms with Gasteiger partial charge in [0, 0.05) is 35.6 Å². The van der Waals surface area contributed by atoms with Crippen LogP contribution >= 0.6 is 11.3 Å². The van der Waals surface area contributed by atoms with Crippen molar-refractivity contribution < 1.29 is 14.3 Å². The summed E-state index contributed by atoms with van der Waals surface area (Å²) >= 11 is 1.43. The fourth-order valence-corrected chi connectivity index (χ4v) is 4.26. The number of nitrogens with zero attached hydrogens (tertiary/aromatic N) is 1. The normalized spacial score (nSPS) is 23.0. The van der Waals surface area contributed by atoms with Gasteiger partial charge >= 0.3 is 0 Å². The van der Waals surface area contributed by atoms with Crippen LogP contribution in [-0.2, 0) is 14.9 Å². The average molecular weight is 375 g/mol. The van der Waals surface area contributed by atoms with Gasteiger partial charge in [0.25, 0.3) is 0 Å². The van der Waals surface area contributed by atoms with E-state index in [4.69, 9.17) is 9.47 Å². The second-order valence-electron chi connectivity index (χ2n) is 7.15. The number of nitrogens with one attached hydrogen (secondary N) is 1. The molecule has 140 valence electrons. The molecule has 2 atom stereocenters. The van der Waals surface area contributed by atoms with Gasteiger partial charge in [0.1, 0.15) is 5.75 Å². The van der Waals surface area contributed by atoms with Crippen LogP contribution in [0.2, 0.25) is 0 Å². The van der Waals surface area contributed by atoms with E-state index in [9.17, 15) is 4.79 Å². The van der Waals surface area contributed by atoms with Crippen LogP contribution in [0.25, 0.3) is 0 Å². The van der Waals surface area contributed by atoms with Crippen molar-refractivity contribution in [1.29, 1.82) is 0 Å². The van der Waals surface area contributed by atoms with Crippen molar-refractivity contribution in [3.63, 3.8) is 0 Å². The minimum Gasteiger partial charge on any atom is -0.496 e. The van der Waals surface area contributed by atoms with Gasteiger partial charge in [-0.3, -0.25) is 4.79 Å². The second kappa shape index (κ2) is 8.18. The molecule has 6 heteroatoms. The molecule has 0 radical (unpaired) electrons. The molecule has 1 aliphatic heterocycles. The van der Waals surface area contributed by atoms with Crippen LogP contribution < -0.4 is 10.1 Å². The SMILES string of the molecule is COc1ccccc1[C@@]1(CC(=O)Nc2nccs2)CCO[C@H](C(C)C)C1. The van der Waals surface area contributed by atoms with E-state index in [1.807, 2.05) is 23.6 Å². The minimum atomic E-state index is -0.304. The van der Waals surface area contributed by atoms with Gasteiger partial charge in [0.05, 0.1) is 13.2 Å². The van der Waals surface area contributed by atoms with Crippen molar-refractivity contribution in [2.75, 3.05) is 19.0 Å². The van der Waals surface area contributed by atoms with Crippen LogP contribution in [0, 0.1) is 5.92 Å². The zero-order valence-corrected chi connectivity index (χ0v) is 16.3. The molecular weight excluding hydrogens is 348 g/mol. The van der Waals surface area contributed by atoms with Crippen molar-refractivity contribution in [1.82, 2.24) is 4.98 Å². The lowest BCUT2D eigenvalue weighted by Crippen LogP contribution is -2.43. The lowest BCUT2D eigenvalue weighted by atomic mass is 9.68. The molecule has 5 nitrogen and oxygen atoms in total. The molecule has 1 aromatic heterocycles. The fraction of sp³-hybridized carbons (Fsp3) is 0.500. The van der Waals surface area contributed by atoms with Gasteiger partial charge in [0.15, 0.2) is 5.13 Å². The highest BCUT2D eigenvalue weighted by Crippen LogP contribution is 2.45. The number of methoxy groups -OCH3 is 1. The van der Waals surface area contributed by atoms with Gasteiger partial charge in [-0.1, -0.05) is 32.0 Å². The maximum Gasteiger partial charge on any atom is 0.227 e. The van der Waals surface area contributed by atoms with Crippen LogP contribution in [-0.4, -0.2) is 30.7 Å².